The number of carbonyl (C=O) groups excluding carboxylic acids is 2. The summed E-state index contributed by atoms with van der Waals surface area (Å²) < 4.78 is 5.51. The number of rotatable bonds is 6. The summed E-state index contributed by atoms with van der Waals surface area (Å²) >= 11 is 1.26. The molecule has 2 aromatic rings. The molecule has 8 nitrogen and oxygen atoms in total. The second kappa shape index (κ2) is 9.51. The molecule has 4 rings (SSSR count). The SMILES string of the molecule is CCOc1ccc(N2C(=O)C3CNNC3N=C2SCC(=O)N(C)c2ccccc2)cc1. The third-order valence-corrected chi connectivity index (χ3v) is 6.12. The summed E-state index contributed by atoms with van der Waals surface area (Å²) in [4.78, 5) is 33.9. The average Bonchev–Trinajstić information content (AvgIpc) is 3.28. The molecule has 0 saturated carbocycles. The molecule has 2 aliphatic rings. The van der Waals surface area contributed by atoms with E-state index in [0.717, 1.165) is 11.4 Å². The van der Waals surface area contributed by atoms with Gasteiger partial charge in [-0.15, -0.1) is 0 Å². The monoisotopic (exact) mass is 439 g/mol. The van der Waals surface area contributed by atoms with Crippen LogP contribution in [0.25, 0.3) is 0 Å². The zero-order chi connectivity index (χ0) is 21.8. The number of amidine groups is 1. The summed E-state index contributed by atoms with van der Waals surface area (Å²) in [5.41, 5.74) is 7.57. The lowest BCUT2D eigenvalue weighted by Crippen LogP contribution is -2.49. The fourth-order valence-electron chi connectivity index (χ4n) is 3.48. The number of hydrogen-bond donors (Lipinski definition) is 2. The first kappa shape index (κ1) is 21.4. The van der Waals surface area contributed by atoms with Crippen LogP contribution in [0.1, 0.15) is 6.92 Å². The number of hydrazine groups is 1. The molecule has 2 heterocycles. The van der Waals surface area contributed by atoms with Crippen LogP contribution < -0.4 is 25.4 Å². The number of para-hydroxylation sites is 1. The summed E-state index contributed by atoms with van der Waals surface area (Å²) in [5.74, 6) is 0.489. The van der Waals surface area contributed by atoms with Crippen LogP contribution in [0.5, 0.6) is 5.75 Å². The van der Waals surface area contributed by atoms with E-state index < -0.39 is 0 Å². The molecule has 0 aromatic heterocycles. The van der Waals surface area contributed by atoms with E-state index in [-0.39, 0.29) is 29.7 Å². The summed E-state index contributed by atoms with van der Waals surface area (Å²) in [6, 6.07) is 16.8. The number of carbonyl (C=O) groups is 2. The molecule has 0 aliphatic carbocycles. The normalized spacial score (nSPS) is 20.3. The number of hydrogen-bond acceptors (Lipinski definition) is 7. The highest BCUT2D eigenvalue weighted by atomic mass is 32.2. The van der Waals surface area contributed by atoms with Crippen molar-refractivity contribution in [2.24, 2.45) is 10.9 Å². The van der Waals surface area contributed by atoms with Gasteiger partial charge in [0.2, 0.25) is 11.8 Å². The van der Waals surface area contributed by atoms with Crippen LogP contribution in [0.15, 0.2) is 59.6 Å². The highest BCUT2D eigenvalue weighted by molar-refractivity contribution is 8.14. The van der Waals surface area contributed by atoms with Crippen molar-refractivity contribution in [1.82, 2.24) is 10.9 Å². The van der Waals surface area contributed by atoms with Gasteiger partial charge in [0.25, 0.3) is 0 Å². The Kier molecular flexibility index (Phi) is 6.55. The van der Waals surface area contributed by atoms with Gasteiger partial charge in [-0.25, -0.2) is 10.4 Å². The lowest BCUT2D eigenvalue weighted by Gasteiger charge is -2.32. The van der Waals surface area contributed by atoms with Gasteiger partial charge in [0.15, 0.2) is 5.17 Å². The van der Waals surface area contributed by atoms with E-state index in [2.05, 4.69) is 10.9 Å². The standard InChI is InChI=1S/C22H25N5O3S/c1-3-30-17-11-9-16(10-12-17)27-21(29)18-13-23-25-20(18)24-22(27)31-14-19(28)26(2)15-7-5-4-6-8-15/h4-12,18,20,23,25H,3,13-14H2,1-2H3. The minimum absolute atomic E-state index is 0.0481. The molecule has 1 saturated heterocycles. The van der Waals surface area contributed by atoms with Gasteiger partial charge < -0.3 is 9.64 Å². The molecule has 2 aromatic carbocycles. The minimum Gasteiger partial charge on any atom is -0.494 e. The van der Waals surface area contributed by atoms with E-state index >= 15 is 0 Å². The first-order chi connectivity index (χ1) is 15.1. The number of aliphatic imine (C=N–C) groups is 1. The van der Waals surface area contributed by atoms with Gasteiger partial charge in [0.05, 0.1) is 24.0 Å². The van der Waals surface area contributed by atoms with Crippen LogP contribution in [-0.4, -0.2) is 49.1 Å². The Balaban J connectivity index is 1.54. The van der Waals surface area contributed by atoms with Crippen LogP contribution in [0.4, 0.5) is 11.4 Å². The van der Waals surface area contributed by atoms with Gasteiger partial charge in [0.1, 0.15) is 11.9 Å². The molecular formula is C22H25N5O3S. The number of ether oxygens (including phenoxy) is 1. The lowest BCUT2D eigenvalue weighted by atomic mass is 10.0. The van der Waals surface area contributed by atoms with Crippen molar-refractivity contribution in [2.75, 3.05) is 35.8 Å². The van der Waals surface area contributed by atoms with Crippen LogP contribution >= 0.6 is 11.8 Å². The highest BCUT2D eigenvalue weighted by Gasteiger charge is 2.42. The first-order valence-electron chi connectivity index (χ1n) is 10.2. The van der Waals surface area contributed by atoms with Crippen LogP contribution in [-0.2, 0) is 9.59 Å². The Morgan fingerprint density at radius 2 is 1.97 bits per heavy atom. The number of thioether (sulfide) groups is 1. The zero-order valence-electron chi connectivity index (χ0n) is 17.4. The quantitative estimate of drug-likeness (QED) is 0.718. The number of nitrogens with one attached hydrogen (secondary N) is 2. The molecule has 2 aliphatic heterocycles. The van der Waals surface area contributed by atoms with E-state index in [1.807, 2.05) is 61.5 Å². The van der Waals surface area contributed by atoms with Crippen molar-refractivity contribution in [2.45, 2.75) is 13.1 Å². The molecule has 31 heavy (non-hydrogen) atoms. The molecule has 2 unspecified atom stereocenters. The fraction of sp³-hybridized carbons (Fsp3) is 0.318. The van der Waals surface area contributed by atoms with E-state index in [0.29, 0.717) is 24.0 Å². The predicted octanol–water partition coefficient (Wildman–Crippen LogP) is 2.23. The van der Waals surface area contributed by atoms with Crippen molar-refractivity contribution >= 4 is 40.1 Å². The molecular weight excluding hydrogens is 414 g/mol. The maximum absolute atomic E-state index is 13.3. The molecule has 0 bridgehead atoms. The molecule has 162 valence electrons. The molecule has 2 N–H and O–H groups in total. The third kappa shape index (κ3) is 4.58. The van der Waals surface area contributed by atoms with Crippen molar-refractivity contribution in [1.29, 1.82) is 0 Å². The number of anilines is 2. The average molecular weight is 440 g/mol. The number of benzene rings is 2. The topological polar surface area (TPSA) is 86.3 Å². The number of amides is 2. The second-order valence-electron chi connectivity index (χ2n) is 7.17. The second-order valence-corrected chi connectivity index (χ2v) is 8.11. The Bertz CT molecular complexity index is 967. The zero-order valence-corrected chi connectivity index (χ0v) is 18.3. The van der Waals surface area contributed by atoms with E-state index in [9.17, 15) is 9.59 Å². The summed E-state index contributed by atoms with van der Waals surface area (Å²) in [5, 5.41) is 0.501. The van der Waals surface area contributed by atoms with E-state index in [1.54, 1.807) is 16.8 Å². The maximum Gasteiger partial charge on any atom is 0.241 e. The van der Waals surface area contributed by atoms with Crippen molar-refractivity contribution in [3.05, 3.63) is 54.6 Å². The summed E-state index contributed by atoms with van der Waals surface area (Å²) in [6.45, 7) is 3.00. The number of fused-ring (bicyclic) bond motifs is 1. The van der Waals surface area contributed by atoms with Gasteiger partial charge >= 0.3 is 0 Å². The van der Waals surface area contributed by atoms with Crippen molar-refractivity contribution in [3.8, 4) is 5.75 Å². The Hall–Kier alpha value is -2.88. The van der Waals surface area contributed by atoms with Gasteiger partial charge in [-0.2, -0.15) is 0 Å². The Morgan fingerprint density at radius 3 is 2.68 bits per heavy atom. The summed E-state index contributed by atoms with van der Waals surface area (Å²) in [7, 11) is 1.74. The van der Waals surface area contributed by atoms with Gasteiger partial charge in [-0.1, -0.05) is 30.0 Å². The molecule has 1 fully saturated rings. The van der Waals surface area contributed by atoms with Crippen molar-refractivity contribution in [3.63, 3.8) is 0 Å². The van der Waals surface area contributed by atoms with Gasteiger partial charge in [-0.05, 0) is 43.3 Å². The van der Waals surface area contributed by atoms with E-state index in [4.69, 9.17) is 9.73 Å². The molecule has 0 spiro atoms. The van der Waals surface area contributed by atoms with Crippen LogP contribution in [0.3, 0.4) is 0 Å². The Labute approximate surface area is 185 Å². The smallest absolute Gasteiger partial charge is 0.241 e. The first-order valence-corrected chi connectivity index (χ1v) is 11.1. The van der Waals surface area contributed by atoms with Crippen LogP contribution in [0.2, 0.25) is 0 Å². The maximum atomic E-state index is 13.3. The summed E-state index contributed by atoms with van der Waals surface area (Å²) in [6.07, 6.45) is -0.337. The van der Waals surface area contributed by atoms with Gasteiger partial charge in [-0.3, -0.25) is 19.9 Å². The minimum atomic E-state index is -0.337. The van der Waals surface area contributed by atoms with Crippen molar-refractivity contribution < 1.29 is 14.3 Å². The molecule has 2 atom stereocenters. The third-order valence-electron chi connectivity index (χ3n) is 5.18. The predicted molar refractivity (Wildman–Crippen MR) is 123 cm³/mol. The lowest BCUT2D eigenvalue weighted by molar-refractivity contribution is -0.121. The largest absolute Gasteiger partial charge is 0.494 e. The number of nitrogens with zero attached hydrogens (tertiary/aromatic N) is 3. The van der Waals surface area contributed by atoms with Gasteiger partial charge in [0, 0.05) is 19.3 Å². The Morgan fingerprint density at radius 1 is 1.23 bits per heavy atom. The van der Waals surface area contributed by atoms with Crippen LogP contribution in [0, 0.1) is 5.92 Å². The molecule has 2 amide bonds. The fourth-order valence-corrected chi connectivity index (χ4v) is 4.44. The van der Waals surface area contributed by atoms with E-state index in [1.165, 1.54) is 11.8 Å². The molecule has 0 radical (unpaired) electrons. The molecule has 9 heteroatoms. The highest BCUT2D eigenvalue weighted by Crippen LogP contribution is 2.30.